The Morgan fingerprint density at radius 1 is 1.47 bits per heavy atom. The number of carbonyl (C=O) groups is 1. The molecule has 0 N–H and O–H groups in total. The van der Waals surface area contributed by atoms with Crippen LogP contribution in [0.1, 0.15) is 27.7 Å². The Balaban J connectivity index is 2.43. The van der Waals surface area contributed by atoms with E-state index in [2.05, 4.69) is 18.7 Å². The molecule has 0 aliphatic carbocycles. The third kappa shape index (κ3) is 3.38. The molecule has 1 rings (SSSR count). The Morgan fingerprint density at radius 2 is 2.13 bits per heavy atom. The molecule has 0 bridgehead atoms. The van der Waals surface area contributed by atoms with Gasteiger partial charge in [0.05, 0.1) is 6.10 Å². The van der Waals surface area contributed by atoms with Gasteiger partial charge in [-0.3, -0.25) is 4.90 Å². The fourth-order valence-corrected chi connectivity index (χ4v) is 1.91. The summed E-state index contributed by atoms with van der Waals surface area (Å²) in [5, 5.41) is 0. The Hall–Kier alpha value is -0.770. The van der Waals surface area contributed by atoms with E-state index >= 15 is 0 Å². The smallest absolute Gasteiger partial charge is 0.410 e. The highest BCUT2D eigenvalue weighted by Crippen LogP contribution is 2.10. The van der Waals surface area contributed by atoms with Gasteiger partial charge in [-0.2, -0.15) is 0 Å². The van der Waals surface area contributed by atoms with Crippen LogP contribution < -0.4 is 0 Å². The molecule has 1 atom stereocenters. The second kappa shape index (κ2) is 5.35. The van der Waals surface area contributed by atoms with Gasteiger partial charge in [0.1, 0.15) is 0 Å². The first-order valence-corrected chi connectivity index (χ1v) is 5.74. The summed E-state index contributed by atoms with van der Waals surface area (Å²) >= 11 is 0. The first-order valence-electron chi connectivity index (χ1n) is 5.74. The number of piperazine rings is 1. The van der Waals surface area contributed by atoms with Gasteiger partial charge < -0.3 is 9.64 Å². The maximum Gasteiger partial charge on any atom is 0.410 e. The van der Waals surface area contributed by atoms with Gasteiger partial charge in [0.15, 0.2) is 0 Å². The van der Waals surface area contributed by atoms with E-state index < -0.39 is 0 Å². The van der Waals surface area contributed by atoms with Crippen molar-refractivity contribution < 1.29 is 9.53 Å². The Kier molecular flexibility index (Phi) is 4.39. The molecule has 1 fully saturated rings. The summed E-state index contributed by atoms with van der Waals surface area (Å²) in [7, 11) is 0. The largest absolute Gasteiger partial charge is 0.447 e. The molecule has 1 amide bonds. The molecule has 4 heteroatoms. The van der Waals surface area contributed by atoms with Crippen molar-refractivity contribution in [2.45, 2.75) is 39.8 Å². The van der Waals surface area contributed by atoms with Gasteiger partial charge in [0.25, 0.3) is 0 Å². The van der Waals surface area contributed by atoms with Crippen LogP contribution in [-0.2, 0) is 4.74 Å². The number of ether oxygens (including phenoxy) is 1. The molecule has 0 aromatic heterocycles. The lowest BCUT2D eigenvalue weighted by Crippen LogP contribution is -2.53. The van der Waals surface area contributed by atoms with Crippen molar-refractivity contribution in [1.29, 1.82) is 0 Å². The van der Waals surface area contributed by atoms with Gasteiger partial charge in [-0.15, -0.1) is 0 Å². The number of amides is 1. The summed E-state index contributed by atoms with van der Waals surface area (Å²) in [6.07, 6.45) is -0.204. The molecule has 1 aliphatic rings. The summed E-state index contributed by atoms with van der Waals surface area (Å²) in [4.78, 5) is 15.8. The van der Waals surface area contributed by atoms with Crippen molar-refractivity contribution in [2.75, 3.05) is 26.2 Å². The maximum atomic E-state index is 11.6. The molecule has 4 nitrogen and oxygen atoms in total. The van der Waals surface area contributed by atoms with Gasteiger partial charge >= 0.3 is 6.09 Å². The first-order chi connectivity index (χ1) is 7.04. The SMILES string of the molecule is CCN1CCN(C(=O)OC(C)C)CC1C. The second-order valence-corrected chi connectivity index (χ2v) is 4.36. The van der Waals surface area contributed by atoms with E-state index in [0.717, 1.165) is 26.2 Å². The molecule has 0 aromatic rings. The highest BCUT2D eigenvalue weighted by Gasteiger charge is 2.26. The van der Waals surface area contributed by atoms with Crippen molar-refractivity contribution in [1.82, 2.24) is 9.80 Å². The molecule has 1 unspecified atom stereocenters. The minimum Gasteiger partial charge on any atom is -0.447 e. The number of hydrogen-bond donors (Lipinski definition) is 0. The van der Waals surface area contributed by atoms with E-state index in [-0.39, 0.29) is 12.2 Å². The van der Waals surface area contributed by atoms with E-state index in [1.54, 1.807) is 4.90 Å². The van der Waals surface area contributed by atoms with Gasteiger partial charge in [-0.1, -0.05) is 6.92 Å². The molecule has 0 aromatic carbocycles. The zero-order chi connectivity index (χ0) is 11.4. The standard InChI is InChI=1S/C11H22N2O2/c1-5-12-6-7-13(8-10(12)4)11(14)15-9(2)3/h9-10H,5-8H2,1-4H3. The van der Waals surface area contributed by atoms with Crippen molar-refractivity contribution >= 4 is 6.09 Å². The van der Waals surface area contributed by atoms with Gasteiger partial charge in [0.2, 0.25) is 0 Å². The van der Waals surface area contributed by atoms with Crippen LogP contribution >= 0.6 is 0 Å². The summed E-state index contributed by atoms with van der Waals surface area (Å²) < 4.78 is 5.18. The predicted molar refractivity (Wildman–Crippen MR) is 59.9 cm³/mol. The monoisotopic (exact) mass is 214 g/mol. The van der Waals surface area contributed by atoms with Crippen LogP contribution in [0.5, 0.6) is 0 Å². The molecule has 1 aliphatic heterocycles. The highest BCUT2D eigenvalue weighted by atomic mass is 16.6. The summed E-state index contributed by atoms with van der Waals surface area (Å²) in [5.41, 5.74) is 0. The van der Waals surface area contributed by atoms with Gasteiger partial charge in [-0.25, -0.2) is 4.79 Å². The Labute approximate surface area is 92.2 Å². The van der Waals surface area contributed by atoms with E-state index in [4.69, 9.17) is 4.74 Å². The Morgan fingerprint density at radius 3 is 2.60 bits per heavy atom. The molecular weight excluding hydrogens is 192 g/mol. The number of rotatable bonds is 2. The van der Waals surface area contributed by atoms with Gasteiger partial charge in [-0.05, 0) is 27.3 Å². The maximum absolute atomic E-state index is 11.6. The lowest BCUT2D eigenvalue weighted by molar-refractivity contribution is 0.0425. The van der Waals surface area contributed by atoms with Crippen LogP contribution in [0.2, 0.25) is 0 Å². The lowest BCUT2D eigenvalue weighted by atomic mass is 10.2. The average Bonchev–Trinajstić information content (AvgIpc) is 2.16. The van der Waals surface area contributed by atoms with E-state index in [1.165, 1.54) is 0 Å². The minimum atomic E-state index is -0.174. The molecular formula is C11H22N2O2. The minimum absolute atomic E-state index is 0.0305. The third-order valence-electron chi connectivity index (χ3n) is 2.77. The van der Waals surface area contributed by atoms with Crippen LogP contribution in [-0.4, -0.2) is 54.2 Å². The number of likely N-dealkylation sites (N-methyl/N-ethyl adjacent to an activating group) is 1. The zero-order valence-electron chi connectivity index (χ0n) is 10.2. The van der Waals surface area contributed by atoms with Gasteiger partial charge in [0, 0.05) is 25.7 Å². The number of nitrogens with zero attached hydrogens (tertiary/aromatic N) is 2. The molecule has 0 saturated carbocycles. The molecule has 15 heavy (non-hydrogen) atoms. The molecule has 0 radical (unpaired) electrons. The van der Waals surface area contributed by atoms with Crippen molar-refractivity contribution in [3.63, 3.8) is 0 Å². The van der Waals surface area contributed by atoms with Crippen LogP contribution in [0.15, 0.2) is 0 Å². The number of carbonyl (C=O) groups excluding carboxylic acids is 1. The van der Waals surface area contributed by atoms with Crippen LogP contribution in [0, 0.1) is 0 Å². The third-order valence-corrected chi connectivity index (χ3v) is 2.77. The van der Waals surface area contributed by atoms with Crippen molar-refractivity contribution in [3.8, 4) is 0 Å². The van der Waals surface area contributed by atoms with Crippen molar-refractivity contribution in [2.24, 2.45) is 0 Å². The lowest BCUT2D eigenvalue weighted by Gasteiger charge is -2.38. The quantitative estimate of drug-likeness (QED) is 0.699. The van der Waals surface area contributed by atoms with Crippen LogP contribution in [0.3, 0.4) is 0 Å². The van der Waals surface area contributed by atoms with E-state index in [9.17, 15) is 4.79 Å². The molecule has 1 heterocycles. The number of hydrogen-bond acceptors (Lipinski definition) is 3. The molecule has 1 saturated heterocycles. The Bertz CT molecular complexity index is 219. The first kappa shape index (κ1) is 12.3. The zero-order valence-corrected chi connectivity index (χ0v) is 10.2. The van der Waals surface area contributed by atoms with Crippen molar-refractivity contribution in [3.05, 3.63) is 0 Å². The molecule has 0 spiro atoms. The highest BCUT2D eigenvalue weighted by molar-refractivity contribution is 5.68. The topological polar surface area (TPSA) is 32.8 Å². The van der Waals surface area contributed by atoms with E-state index in [1.807, 2.05) is 13.8 Å². The fourth-order valence-electron chi connectivity index (χ4n) is 1.91. The summed E-state index contributed by atoms with van der Waals surface area (Å²) in [6.45, 7) is 11.6. The predicted octanol–water partition coefficient (Wildman–Crippen LogP) is 1.56. The fraction of sp³-hybridized carbons (Fsp3) is 0.909. The average molecular weight is 214 g/mol. The van der Waals surface area contributed by atoms with Crippen LogP contribution in [0.4, 0.5) is 4.79 Å². The van der Waals surface area contributed by atoms with E-state index in [0.29, 0.717) is 6.04 Å². The summed E-state index contributed by atoms with van der Waals surface area (Å²) in [6, 6.07) is 0.434. The molecule has 88 valence electrons. The normalized spacial score (nSPS) is 23.3. The summed E-state index contributed by atoms with van der Waals surface area (Å²) in [5.74, 6) is 0. The second-order valence-electron chi connectivity index (χ2n) is 4.36. The van der Waals surface area contributed by atoms with Crippen LogP contribution in [0.25, 0.3) is 0 Å².